The van der Waals surface area contributed by atoms with Gasteiger partial charge in [-0.25, -0.2) is 0 Å². The Labute approximate surface area is 140 Å². The molecule has 1 aliphatic carbocycles. The zero-order chi connectivity index (χ0) is 16.1. The molecule has 2 N–H and O–H groups in total. The number of rotatable bonds is 5. The van der Waals surface area contributed by atoms with Crippen molar-refractivity contribution in [1.82, 2.24) is 20.8 Å². The third kappa shape index (κ3) is 4.22. The van der Waals surface area contributed by atoms with Crippen LogP contribution in [0.1, 0.15) is 25.2 Å². The molecule has 0 spiro atoms. The van der Waals surface area contributed by atoms with Gasteiger partial charge in [-0.15, -0.1) is 0 Å². The molecule has 0 amide bonds. The van der Waals surface area contributed by atoms with Gasteiger partial charge in [0.15, 0.2) is 5.96 Å². The first-order valence-corrected chi connectivity index (χ1v) is 8.15. The van der Waals surface area contributed by atoms with Gasteiger partial charge in [0.2, 0.25) is 11.7 Å². The lowest BCUT2D eigenvalue weighted by molar-refractivity contribution is 0.314. The highest BCUT2D eigenvalue weighted by molar-refractivity contribution is 6.30. The Balaban J connectivity index is 1.52. The summed E-state index contributed by atoms with van der Waals surface area (Å²) < 4.78 is 5.26. The average Bonchev–Trinajstić information content (AvgIpc) is 2.98. The van der Waals surface area contributed by atoms with E-state index in [0.717, 1.165) is 24.0 Å². The van der Waals surface area contributed by atoms with Crippen molar-refractivity contribution in [3.05, 3.63) is 35.2 Å². The van der Waals surface area contributed by atoms with Gasteiger partial charge in [0.1, 0.15) is 0 Å². The fourth-order valence-electron chi connectivity index (χ4n) is 2.36. The van der Waals surface area contributed by atoms with Crippen molar-refractivity contribution in [3.8, 4) is 11.4 Å². The second-order valence-electron chi connectivity index (χ2n) is 5.62. The minimum atomic E-state index is 0.435. The van der Waals surface area contributed by atoms with Gasteiger partial charge in [0.25, 0.3) is 0 Å². The monoisotopic (exact) mass is 333 g/mol. The summed E-state index contributed by atoms with van der Waals surface area (Å²) >= 11 is 5.88. The molecule has 0 radical (unpaired) electrons. The average molecular weight is 334 g/mol. The van der Waals surface area contributed by atoms with Gasteiger partial charge in [0, 0.05) is 24.2 Å². The van der Waals surface area contributed by atoms with Gasteiger partial charge in [-0.1, -0.05) is 23.2 Å². The molecule has 0 bridgehead atoms. The van der Waals surface area contributed by atoms with E-state index in [0.29, 0.717) is 23.3 Å². The quantitative estimate of drug-likeness (QED) is 0.650. The Morgan fingerprint density at radius 2 is 2.09 bits per heavy atom. The summed E-state index contributed by atoms with van der Waals surface area (Å²) in [6, 6.07) is 7.34. The van der Waals surface area contributed by atoms with Gasteiger partial charge < -0.3 is 15.2 Å². The van der Waals surface area contributed by atoms with Crippen LogP contribution in [0.5, 0.6) is 0 Å². The Kier molecular flexibility index (Phi) is 5.12. The number of guanidine groups is 1. The molecule has 6 nitrogen and oxygen atoms in total. The van der Waals surface area contributed by atoms with Crippen molar-refractivity contribution in [2.45, 2.75) is 25.8 Å². The van der Waals surface area contributed by atoms with Crippen LogP contribution in [0.25, 0.3) is 11.4 Å². The smallest absolute Gasteiger partial charge is 0.246 e. The van der Waals surface area contributed by atoms with E-state index in [-0.39, 0.29) is 0 Å². The van der Waals surface area contributed by atoms with Gasteiger partial charge in [-0.3, -0.25) is 4.99 Å². The van der Waals surface area contributed by atoms with Crippen LogP contribution < -0.4 is 10.6 Å². The normalized spacial score (nSPS) is 15.3. The lowest BCUT2D eigenvalue weighted by Crippen LogP contribution is -2.40. The minimum absolute atomic E-state index is 0.435. The first-order chi connectivity index (χ1) is 11.2. The van der Waals surface area contributed by atoms with E-state index in [1.165, 1.54) is 19.3 Å². The number of aliphatic imine (C=N–C) groups is 1. The summed E-state index contributed by atoms with van der Waals surface area (Å²) in [6.45, 7) is 1.39. The Bertz CT molecular complexity index is 663. The molecule has 2 aromatic rings. The zero-order valence-electron chi connectivity index (χ0n) is 13.1. The molecule has 0 atom stereocenters. The standard InChI is InChI=1S/C16H20ClN5O/c1-18-16(19-9-11-3-2-4-11)20-10-14-21-15(22-23-14)12-5-7-13(17)8-6-12/h5-8,11H,2-4,9-10H2,1H3,(H2,18,19,20). The largest absolute Gasteiger partial charge is 0.356 e. The molecule has 7 heteroatoms. The van der Waals surface area contributed by atoms with Gasteiger partial charge in [-0.05, 0) is 43.0 Å². The van der Waals surface area contributed by atoms with E-state index in [9.17, 15) is 0 Å². The topological polar surface area (TPSA) is 75.3 Å². The van der Waals surface area contributed by atoms with Gasteiger partial charge in [0.05, 0.1) is 6.54 Å². The third-order valence-electron chi connectivity index (χ3n) is 3.98. The summed E-state index contributed by atoms with van der Waals surface area (Å²) in [7, 11) is 1.75. The highest BCUT2D eigenvalue weighted by atomic mass is 35.5. The van der Waals surface area contributed by atoms with Crippen molar-refractivity contribution in [1.29, 1.82) is 0 Å². The molecule has 1 aromatic heterocycles. The van der Waals surface area contributed by atoms with Crippen molar-refractivity contribution >= 4 is 17.6 Å². The Morgan fingerprint density at radius 3 is 2.74 bits per heavy atom. The molecule has 3 rings (SSSR count). The number of aromatic nitrogens is 2. The van der Waals surface area contributed by atoms with Crippen LogP contribution in [-0.2, 0) is 6.54 Å². The molecule has 1 saturated carbocycles. The van der Waals surface area contributed by atoms with E-state index < -0.39 is 0 Å². The maximum Gasteiger partial charge on any atom is 0.246 e. The van der Waals surface area contributed by atoms with Crippen LogP contribution in [0, 0.1) is 5.92 Å². The summed E-state index contributed by atoms with van der Waals surface area (Å²) in [4.78, 5) is 8.57. The number of halogens is 1. The summed E-state index contributed by atoms with van der Waals surface area (Å²) in [5, 5.41) is 11.2. The van der Waals surface area contributed by atoms with Crippen LogP contribution in [0.2, 0.25) is 5.02 Å². The zero-order valence-corrected chi connectivity index (χ0v) is 13.8. The molecular formula is C16H20ClN5O. The van der Waals surface area contributed by atoms with Crippen molar-refractivity contribution in [3.63, 3.8) is 0 Å². The van der Waals surface area contributed by atoms with E-state index >= 15 is 0 Å². The molecule has 0 aliphatic heterocycles. The maximum atomic E-state index is 5.88. The molecule has 23 heavy (non-hydrogen) atoms. The lowest BCUT2D eigenvalue weighted by atomic mass is 9.85. The van der Waals surface area contributed by atoms with E-state index in [1.54, 1.807) is 19.2 Å². The van der Waals surface area contributed by atoms with Crippen molar-refractivity contribution < 1.29 is 4.52 Å². The van der Waals surface area contributed by atoms with Crippen LogP contribution in [0.3, 0.4) is 0 Å². The first-order valence-electron chi connectivity index (χ1n) is 7.77. The molecule has 122 valence electrons. The predicted molar refractivity (Wildman–Crippen MR) is 90.3 cm³/mol. The van der Waals surface area contributed by atoms with Crippen molar-refractivity contribution in [2.75, 3.05) is 13.6 Å². The van der Waals surface area contributed by atoms with Crippen LogP contribution in [0.15, 0.2) is 33.8 Å². The number of nitrogens with zero attached hydrogens (tertiary/aromatic N) is 3. The summed E-state index contributed by atoms with van der Waals surface area (Å²) in [5.41, 5.74) is 0.872. The Morgan fingerprint density at radius 1 is 1.30 bits per heavy atom. The summed E-state index contributed by atoms with van der Waals surface area (Å²) in [5.74, 6) is 2.59. The molecule has 1 fully saturated rings. The second kappa shape index (κ2) is 7.46. The molecule has 0 unspecified atom stereocenters. The van der Waals surface area contributed by atoms with Crippen LogP contribution in [0.4, 0.5) is 0 Å². The van der Waals surface area contributed by atoms with Crippen LogP contribution in [-0.4, -0.2) is 29.7 Å². The van der Waals surface area contributed by atoms with E-state index in [1.807, 2.05) is 12.1 Å². The molecule has 1 aliphatic rings. The first kappa shape index (κ1) is 15.8. The van der Waals surface area contributed by atoms with Crippen molar-refractivity contribution in [2.24, 2.45) is 10.9 Å². The highest BCUT2D eigenvalue weighted by Gasteiger charge is 2.17. The van der Waals surface area contributed by atoms with Crippen LogP contribution >= 0.6 is 11.6 Å². The predicted octanol–water partition coefficient (Wildman–Crippen LogP) is 2.86. The molecular weight excluding hydrogens is 314 g/mol. The molecule has 0 saturated heterocycles. The maximum absolute atomic E-state index is 5.88. The fraction of sp³-hybridized carbons (Fsp3) is 0.438. The summed E-state index contributed by atoms with van der Waals surface area (Å²) in [6.07, 6.45) is 3.95. The van der Waals surface area contributed by atoms with Gasteiger partial charge >= 0.3 is 0 Å². The molecule has 1 heterocycles. The fourth-order valence-corrected chi connectivity index (χ4v) is 2.49. The second-order valence-corrected chi connectivity index (χ2v) is 6.06. The number of hydrogen-bond acceptors (Lipinski definition) is 4. The van der Waals surface area contributed by atoms with Gasteiger partial charge in [-0.2, -0.15) is 4.98 Å². The number of nitrogens with one attached hydrogen (secondary N) is 2. The van der Waals surface area contributed by atoms with E-state index in [2.05, 4.69) is 25.8 Å². The minimum Gasteiger partial charge on any atom is -0.356 e. The molecule has 1 aromatic carbocycles. The number of hydrogen-bond donors (Lipinski definition) is 2. The Hall–Kier alpha value is -2.08. The SMILES string of the molecule is CN=C(NCc1nc(-c2ccc(Cl)cc2)no1)NCC1CCC1. The lowest BCUT2D eigenvalue weighted by Gasteiger charge is -2.26. The number of benzene rings is 1. The van der Waals surface area contributed by atoms with E-state index in [4.69, 9.17) is 16.1 Å². The highest BCUT2D eigenvalue weighted by Crippen LogP contribution is 2.25. The third-order valence-corrected chi connectivity index (χ3v) is 4.24.